The number of halogens is 1. The van der Waals surface area contributed by atoms with E-state index in [0.29, 0.717) is 6.04 Å². The van der Waals surface area contributed by atoms with Crippen molar-refractivity contribution in [3.05, 3.63) is 9.66 Å². The number of aliphatic hydroxyl groups is 1. The summed E-state index contributed by atoms with van der Waals surface area (Å²) in [6, 6.07) is 0.519. The van der Waals surface area contributed by atoms with Gasteiger partial charge in [0.1, 0.15) is 0 Å². The predicted molar refractivity (Wildman–Crippen MR) is 54.8 cm³/mol. The molecule has 0 saturated heterocycles. The monoisotopic (exact) mass is 267 g/mol. The van der Waals surface area contributed by atoms with Gasteiger partial charge >= 0.3 is 0 Å². The van der Waals surface area contributed by atoms with Crippen molar-refractivity contribution in [2.45, 2.75) is 25.5 Å². The fourth-order valence-corrected chi connectivity index (χ4v) is 1.96. The minimum atomic E-state index is -0.261. The Bertz CT molecular complexity index is 169. The lowest BCUT2D eigenvalue weighted by Crippen LogP contribution is -2.40. The molecule has 0 radical (unpaired) electrons. The van der Waals surface area contributed by atoms with Gasteiger partial charge in [-0.3, -0.25) is 4.90 Å². The third-order valence-corrected chi connectivity index (χ3v) is 3.19. The Morgan fingerprint density at radius 1 is 1.82 bits per heavy atom. The molecular formula is C8H14INO. The Morgan fingerprint density at radius 2 is 2.45 bits per heavy atom. The van der Waals surface area contributed by atoms with Crippen LogP contribution in [0.15, 0.2) is 9.66 Å². The SMILES string of the molecule is CC[C@@H]1C=C(I)[C@H](O)CN1C. The Hall–Kier alpha value is 0.390. The van der Waals surface area contributed by atoms with Gasteiger partial charge in [0.25, 0.3) is 0 Å². The van der Waals surface area contributed by atoms with E-state index in [2.05, 4.69) is 47.5 Å². The molecule has 3 heteroatoms. The number of aliphatic hydroxyl groups excluding tert-OH is 1. The van der Waals surface area contributed by atoms with Gasteiger partial charge in [0.15, 0.2) is 0 Å². The first-order valence-electron chi connectivity index (χ1n) is 3.90. The van der Waals surface area contributed by atoms with Gasteiger partial charge in [0.05, 0.1) is 6.10 Å². The smallest absolute Gasteiger partial charge is 0.0970 e. The molecule has 11 heavy (non-hydrogen) atoms. The highest BCUT2D eigenvalue weighted by Crippen LogP contribution is 2.22. The summed E-state index contributed by atoms with van der Waals surface area (Å²) in [5.41, 5.74) is 0. The van der Waals surface area contributed by atoms with Crippen molar-refractivity contribution < 1.29 is 5.11 Å². The Kier molecular flexibility index (Phi) is 3.33. The molecule has 0 spiro atoms. The summed E-state index contributed by atoms with van der Waals surface area (Å²) in [6.07, 6.45) is 3.01. The standard InChI is InChI=1S/C8H14INO/c1-3-6-4-7(9)8(11)5-10(6)2/h4,6,8,11H,3,5H2,1-2H3/t6-,8-/m1/s1. The highest BCUT2D eigenvalue weighted by molar-refractivity contribution is 14.1. The van der Waals surface area contributed by atoms with E-state index in [1.807, 2.05) is 0 Å². The Balaban J connectivity index is 2.69. The van der Waals surface area contributed by atoms with Gasteiger partial charge in [0.2, 0.25) is 0 Å². The zero-order valence-electron chi connectivity index (χ0n) is 6.92. The average molecular weight is 267 g/mol. The van der Waals surface area contributed by atoms with Gasteiger partial charge in [-0.25, -0.2) is 0 Å². The maximum Gasteiger partial charge on any atom is 0.0970 e. The van der Waals surface area contributed by atoms with E-state index >= 15 is 0 Å². The van der Waals surface area contributed by atoms with Crippen molar-refractivity contribution in [1.29, 1.82) is 0 Å². The molecule has 0 bridgehead atoms. The second kappa shape index (κ2) is 3.87. The molecule has 0 fully saturated rings. The summed E-state index contributed by atoms with van der Waals surface area (Å²) in [5, 5.41) is 9.44. The summed E-state index contributed by atoms with van der Waals surface area (Å²) < 4.78 is 1.09. The number of nitrogens with zero attached hydrogens (tertiary/aromatic N) is 1. The summed E-state index contributed by atoms with van der Waals surface area (Å²) in [5.74, 6) is 0. The summed E-state index contributed by atoms with van der Waals surface area (Å²) in [6.45, 7) is 2.94. The van der Waals surface area contributed by atoms with Crippen LogP contribution in [0, 0.1) is 0 Å². The Labute approximate surface area is 81.4 Å². The molecule has 1 N–H and O–H groups in total. The molecule has 0 saturated carbocycles. The normalized spacial score (nSPS) is 33.6. The molecule has 0 aromatic heterocycles. The second-order valence-electron chi connectivity index (χ2n) is 2.98. The van der Waals surface area contributed by atoms with Crippen molar-refractivity contribution >= 4 is 22.6 Å². The van der Waals surface area contributed by atoms with E-state index in [0.717, 1.165) is 16.5 Å². The van der Waals surface area contributed by atoms with Crippen LogP contribution in [0.1, 0.15) is 13.3 Å². The fraction of sp³-hybridized carbons (Fsp3) is 0.750. The van der Waals surface area contributed by atoms with Crippen LogP contribution < -0.4 is 0 Å². The van der Waals surface area contributed by atoms with Crippen LogP contribution in [0.4, 0.5) is 0 Å². The zero-order valence-corrected chi connectivity index (χ0v) is 9.08. The highest BCUT2D eigenvalue weighted by atomic mass is 127. The third-order valence-electron chi connectivity index (χ3n) is 2.12. The minimum Gasteiger partial charge on any atom is -0.387 e. The molecule has 64 valence electrons. The summed E-state index contributed by atoms with van der Waals surface area (Å²) >= 11 is 2.22. The largest absolute Gasteiger partial charge is 0.387 e. The molecule has 1 aliphatic heterocycles. The van der Waals surface area contributed by atoms with Crippen LogP contribution in [0.2, 0.25) is 0 Å². The first-order valence-corrected chi connectivity index (χ1v) is 4.98. The topological polar surface area (TPSA) is 23.5 Å². The molecule has 0 aliphatic carbocycles. The molecule has 0 aromatic carbocycles. The maximum atomic E-state index is 9.44. The number of rotatable bonds is 1. The van der Waals surface area contributed by atoms with Crippen molar-refractivity contribution in [3.8, 4) is 0 Å². The molecule has 0 aromatic rings. The first-order chi connectivity index (χ1) is 5.15. The fourth-order valence-electron chi connectivity index (χ4n) is 1.35. The average Bonchev–Trinajstić information content (AvgIpc) is 1.97. The van der Waals surface area contributed by atoms with E-state index in [9.17, 15) is 5.11 Å². The van der Waals surface area contributed by atoms with E-state index in [1.54, 1.807) is 0 Å². The minimum absolute atomic E-state index is 0.261. The van der Waals surface area contributed by atoms with E-state index in [1.165, 1.54) is 0 Å². The highest BCUT2D eigenvalue weighted by Gasteiger charge is 2.22. The molecule has 2 atom stereocenters. The van der Waals surface area contributed by atoms with Crippen molar-refractivity contribution in [3.63, 3.8) is 0 Å². The first kappa shape index (κ1) is 9.48. The van der Waals surface area contributed by atoms with Crippen LogP contribution in [0.3, 0.4) is 0 Å². The number of hydrogen-bond acceptors (Lipinski definition) is 2. The van der Waals surface area contributed by atoms with Crippen LogP contribution in [-0.4, -0.2) is 35.7 Å². The molecule has 1 heterocycles. The van der Waals surface area contributed by atoms with Gasteiger partial charge in [-0.15, -0.1) is 0 Å². The second-order valence-corrected chi connectivity index (χ2v) is 4.23. The van der Waals surface area contributed by atoms with Crippen LogP contribution in [0.25, 0.3) is 0 Å². The third kappa shape index (κ3) is 2.16. The lowest BCUT2D eigenvalue weighted by Gasteiger charge is -2.31. The van der Waals surface area contributed by atoms with Crippen molar-refractivity contribution in [1.82, 2.24) is 4.90 Å². The van der Waals surface area contributed by atoms with Crippen LogP contribution >= 0.6 is 22.6 Å². The van der Waals surface area contributed by atoms with E-state index in [4.69, 9.17) is 0 Å². The van der Waals surface area contributed by atoms with Crippen LogP contribution in [0.5, 0.6) is 0 Å². The Morgan fingerprint density at radius 3 is 3.00 bits per heavy atom. The molecule has 1 aliphatic rings. The molecule has 2 nitrogen and oxygen atoms in total. The van der Waals surface area contributed by atoms with Crippen molar-refractivity contribution in [2.24, 2.45) is 0 Å². The predicted octanol–water partition coefficient (Wildman–Crippen LogP) is 1.39. The summed E-state index contributed by atoms with van der Waals surface area (Å²) in [4.78, 5) is 2.19. The lowest BCUT2D eigenvalue weighted by molar-refractivity contribution is 0.132. The number of hydrogen-bond donors (Lipinski definition) is 1. The van der Waals surface area contributed by atoms with Gasteiger partial charge < -0.3 is 5.11 Å². The molecule has 0 amide bonds. The maximum absolute atomic E-state index is 9.44. The van der Waals surface area contributed by atoms with Crippen molar-refractivity contribution in [2.75, 3.05) is 13.6 Å². The molecular weight excluding hydrogens is 253 g/mol. The molecule has 0 unspecified atom stereocenters. The zero-order chi connectivity index (χ0) is 8.43. The number of likely N-dealkylation sites (N-methyl/N-ethyl adjacent to an activating group) is 1. The van der Waals surface area contributed by atoms with Gasteiger partial charge in [-0.1, -0.05) is 13.0 Å². The van der Waals surface area contributed by atoms with E-state index in [-0.39, 0.29) is 6.10 Å². The van der Waals surface area contributed by atoms with Gasteiger partial charge in [-0.2, -0.15) is 0 Å². The number of β-amino-alcohol motifs (C(OH)–C–C–N with tert-alkyl or cyclic N) is 1. The van der Waals surface area contributed by atoms with Crippen LogP contribution in [-0.2, 0) is 0 Å². The summed E-state index contributed by atoms with van der Waals surface area (Å²) in [7, 11) is 2.05. The molecule has 1 rings (SSSR count). The van der Waals surface area contributed by atoms with E-state index < -0.39 is 0 Å². The van der Waals surface area contributed by atoms with Gasteiger partial charge in [0, 0.05) is 16.2 Å². The lowest BCUT2D eigenvalue weighted by atomic mass is 10.1. The quantitative estimate of drug-likeness (QED) is 0.726. The van der Waals surface area contributed by atoms with Gasteiger partial charge in [-0.05, 0) is 36.1 Å².